The number of pyridine rings is 1. The van der Waals surface area contributed by atoms with Gasteiger partial charge in [-0.05, 0) is 49.3 Å². The molecule has 122 valence electrons. The molecule has 0 amide bonds. The van der Waals surface area contributed by atoms with Crippen molar-refractivity contribution in [2.75, 3.05) is 0 Å². The molecule has 0 saturated heterocycles. The van der Waals surface area contributed by atoms with Crippen LogP contribution in [0.4, 0.5) is 0 Å². The summed E-state index contributed by atoms with van der Waals surface area (Å²) in [6, 6.07) is 9.51. The van der Waals surface area contributed by atoms with E-state index >= 15 is 0 Å². The molecule has 2 N–H and O–H groups in total. The van der Waals surface area contributed by atoms with Gasteiger partial charge in [0.2, 0.25) is 10.0 Å². The normalized spacial score (nSPS) is 26.0. The molecular weight excluding hydrogens is 312 g/mol. The van der Waals surface area contributed by atoms with Crippen molar-refractivity contribution in [1.29, 1.82) is 0 Å². The van der Waals surface area contributed by atoms with E-state index in [9.17, 15) is 13.5 Å². The second-order valence-electron chi connectivity index (χ2n) is 6.69. The van der Waals surface area contributed by atoms with Gasteiger partial charge in [-0.25, -0.2) is 13.1 Å². The average Bonchev–Trinajstić information content (AvgIpc) is 3.35. The largest absolute Gasteiger partial charge is 0.393 e. The molecule has 5 nitrogen and oxygen atoms in total. The number of hydrogen-bond acceptors (Lipinski definition) is 4. The summed E-state index contributed by atoms with van der Waals surface area (Å²) in [5, 5.41) is 10.4. The Balaban J connectivity index is 1.68. The summed E-state index contributed by atoms with van der Waals surface area (Å²) in [4.78, 5) is 4.46. The molecule has 2 aliphatic carbocycles. The SMILES string of the molecule is O=S(=O)(N[C@@H](c1cnc2ccccc2c1)C1CC(O)C1)C1CC1. The Kier molecular flexibility index (Phi) is 3.63. The maximum absolute atomic E-state index is 12.4. The first-order chi connectivity index (χ1) is 11.0. The number of rotatable bonds is 5. The van der Waals surface area contributed by atoms with Crippen LogP contribution in [-0.2, 0) is 10.0 Å². The Hall–Kier alpha value is -1.50. The van der Waals surface area contributed by atoms with Crippen LogP contribution in [-0.4, -0.2) is 29.9 Å². The van der Waals surface area contributed by atoms with E-state index in [1.165, 1.54) is 0 Å². The number of hydrogen-bond donors (Lipinski definition) is 2. The number of para-hydroxylation sites is 1. The lowest BCUT2D eigenvalue weighted by atomic mass is 9.75. The molecule has 1 aromatic heterocycles. The fourth-order valence-corrected chi connectivity index (χ4v) is 4.88. The molecule has 4 rings (SSSR count). The summed E-state index contributed by atoms with van der Waals surface area (Å²) in [6.07, 6.45) is 4.18. The Labute approximate surface area is 135 Å². The lowest BCUT2D eigenvalue weighted by molar-refractivity contribution is 0.0280. The molecule has 0 bridgehead atoms. The molecule has 0 aliphatic heterocycles. The van der Waals surface area contributed by atoms with Gasteiger partial charge in [0.1, 0.15) is 0 Å². The number of nitrogens with zero attached hydrogens (tertiary/aromatic N) is 1. The van der Waals surface area contributed by atoms with Gasteiger partial charge in [0.15, 0.2) is 0 Å². The van der Waals surface area contributed by atoms with Crippen LogP contribution in [0.3, 0.4) is 0 Å². The predicted molar refractivity (Wildman–Crippen MR) is 88.3 cm³/mol. The van der Waals surface area contributed by atoms with Crippen molar-refractivity contribution in [3.8, 4) is 0 Å². The van der Waals surface area contributed by atoms with Gasteiger partial charge in [-0.1, -0.05) is 18.2 Å². The van der Waals surface area contributed by atoms with Gasteiger partial charge in [-0.3, -0.25) is 4.98 Å². The molecule has 1 aromatic carbocycles. The van der Waals surface area contributed by atoms with E-state index in [1.807, 2.05) is 30.3 Å². The van der Waals surface area contributed by atoms with Gasteiger partial charge in [-0.2, -0.15) is 0 Å². The quantitative estimate of drug-likeness (QED) is 0.879. The number of fused-ring (bicyclic) bond motifs is 1. The van der Waals surface area contributed by atoms with Gasteiger partial charge < -0.3 is 5.11 Å². The molecule has 0 unspecified atom stereocenters. The van der Waals surface area contributed by atoms with Crippen LogP contribution in [0.5, 0.6) is 0 Å². The van der Waals surface area contributed by atoms with Crippen molar-refractivity contribution in [3.63, 3.8) is 0 Å². The molecule has 2 aromatic rings. The van der Waals surface area contributed by atoms with E-state index in [2.05, 4.69) is 9.71 Å². The van der Waals surface area contributed by atoms with Crippen LogP contribution in [0.25, 0.3) is 10.9 Å². The van der Waals surface area contributed by atoms with E-state index in [0.29, 0.717) is 12.8 Å². The Bertz CT molecular complexity index is 827. The minimum atomic E-state index is -3.29. The molecule has 23 heavy (non-hydrogen) atoms. The van der Waals surface area contributed by atoms with Gasteiger partial charge in [0, 0.05) is 11.6 Å². The highest BCUT2D eigenvalue weighted by atomic mass is 32.2. The predicted octanol–water partition coefficient (Wildman–Crippen LogP) is 2.13. The standard InChI is InChI=1S/C17H20N2O3S/c20-14-8-12(9-14)17(19-23(21,22)15-5-6-15)13-7-11-3-1-2-4-16(11)18-10-13/h1-4,7,10,12,14-15,17,19-20H,5-6,8-9H2/t12?,14?,17-/m1/s1. The summed E-state index contributed by atoms with van der Waals surface area (Å²) < 4.78 is 27.6. The fraction of sp³-hybridized carbons (Fsp3) is 0.471. The molecule has 6 heteroatoms. The molecule has 1 atom stereocenters. The summed E-state index contributed by atoms with van der Waals surface area (Å²) >= 11 is 0. The maximum atomic E-state index is 12.4. The monoisotopic (exact) mass is 332 g/mol. The highest BCUT2D eigenvalue weighted by Crippen LogP contribution is 2.40. The molecule has 2 saturated carbocycles. The second-order valence-corrected chi connectivity index (χ2v) is 8.68. The van der Waals surface area contributed by atoms with Gasteiger partial charge in [0.05, 0.1) is 22.9 Å². The van der Waals surface area contributed by atoms with Gasteiger partial charge in [0.25, 0.3) is 0 Å². The van der Waals surface area contributed by atoms with E-state index < -0.39 is 10.0 Å². The van der Waals surface area contributed by atoms with Crippen molar-refractivity contribution in [2.24, 2.45) is 5.92 Å². The smallest absolute Gasteiger partial charge is 0.215 e. The van der Waals surface area contributed by atoms with Crippen LogP contribution in [0.2, 0.25) is 0 Å². The first kappa shape index (κ1) is 15.1. The lowest BCUT2D eigenvalue weighted by Gasteiger charge is -2.38. The first-order valence-corrected chi connectivity index (χ1v) is 9.61. The molecule has 0 spiro atoms. The Morgan fingerprint density at radius 2 is 1.96 bits per heavy atom. The third kappa shape index (κ3) is 2.98. The van der Waals surface area contributed by atoms with E-state index in [0.717, 1.165) is 29.3 Å². The van der Waals surface area contributed by atoms with Crippen molar-refractivity contribution < 1.29 is 13.5 Å². The van der Waals surface area contributed by atoms with Crippen molar-refractivity contribution in [3.05, 3.63) is 42.1 Å². The van der Waals surface area contributed by atoms with Gasteiger partial charge >= 0.3 is 0 Å². The van der Waals surface area contributed by atoms with Crippen LogP contribution < -0.4 is 4.72 Å². The highest BCUT2D eigenvalue weighted by Gasteiger charge is 2.41. The minimum Gasteiger partial charge on any atom is -0.393 e. The second kappa shape index (κ2) is 5.54. The Morgan fingerprint density at radius 3 is 2.65 bits per heavy atom. The maximum Gasteiger partial charge on any atom is 0.215 e. The third-order valence-electron chi connectivity index (χ3n) is 4.85. The molecule has 2 fully saturated rings. The highest BCUT2D eigenvalue weighted by molar-refractivity contribution is 7.90. The summed E-state index contributed by atoms with van der Waals surface area (Å²) in [6.45, 7) is 0. The minimum absolute atomic E-state index is 0.126. The van der Waals surface area contributed by atoms with Crippen LogP contribution in [0, 0.1) is 5.92 Å². The molecule has 2 aliphatic rings. The summed E-state index contributed by atoms with van der Waals surface area (Å²) in [7, 11) is -3.29. The number of aliphatic hydroxyl groups excluding tert-OH is 1. The van der Waals surface area contributed by atoms with E-state index in [1.54, 1.807) is 6.20 Å². The number of benzene rings is 1. The topological polar surface area (TPSA) is 79.3 Å². The zero-order chi connectivity index (χ0) is 16.0. The number of nitrogens with one attached hydrogen (secondary N) is 1. The fourth-order valence-electron chi connectivity index (χ4n) is 3.25. The van der Waals surface area contributed by atoms with Crippen LogP contribution in [0.15, 0.2) is 36.5 Å². The molecule has 1 heterocycles. The van der Waals surface area contributed by atoms with E-state index in [-0.39, 0.29) is 23.3 Å². The summed E-state index contributed by atoms with van der Waals surface area (Å²) in [5.74, 6) is 0.126. The van der Waals surface area contributed by atoms with Crippen LogP contribution in [0.1, 0.15) is 37.3 Å². The molecule has 0 radical (unpaired) electrons. The number of aliphatic hydroxyl groups is 1. The zero-order valence-electron chi connectivity index (χ0n) is 12.7. The van der Waals surface area contributed by atoms with Crippen LogP contribution >= 0.6 is 0 Å². The zero-order valence-corrected chi connectivity index (χ0v) is 13.5. The number of aromatic nitrogens is 1. The third-order valence-corrected chi connectivity index (χ3v) is 6.78. The molecular formula is C17H20N2O3S. The summed E-state index contributed by atoms with van der Waals surface area (Å²) in [5.41, 5.74) is 1.78. The van der Waals surface area contributed by atoms with Crippen molar-refractivity contribution in [2.45, 2.75) is 43.1 Å². The first-order valence-electron chi connectivity index (χ1n) is 8.07. The van der Waals surface area contributed by atoms with Crippen molar-refractivity contribution >= 4 is 20.9 Å². The van der Waals surface area contributed by atoms with Gasteiger partial charge in [-0.15, -0.1) is 0 Å². The van der Waals surface area contributed by atoms with E-state index in [4.69, 9.17) is 0 Å². The number of sulfonamides is 1. The lowest BCUT2D eigenvalue weighted by Crippen LogP contribution is -2.42. The van der Waals surface area contributed by atoms with Crippen molar-refractivity contribution in [1.82, 2.24) is 9.71 Å². The average molecular weight is 332 g/mol. The Morgan fingerprint density at radius 1 is 1.22 bits per heavy atom.